The summed E-state index contributed by atoms with van der Waals surface area (Å²) in [5, 5.41) is 0. The van der Waals surface area contributed by atoms with E-state index in [1.165, 1.54) is 0 Å². The molecule has 0 bridgehead atoms. The molecule has 0 saturated carbocycles. The van der Waals surface area contributed by atoms with Crippen LogP contribution in [0, 0.1) is 0 Å². The van der Waals surface area contributed by atoms with Crippen molar-refractivity contribution in [3.05, 3.63) is 0 Å². The topological polar surface area (TPSA) is 6.48 Å². The van der Waals surface area contributed by atoms with Gasteiger partial charge in [0.1, 0.15) is 0 Å². The average Bonchev–Trinajstić information content (AvgIpc) is 1.89. The SMILES string of the molecule is CN(C)CCN(C)C.[Cl][Pd]. The van der Waals surface area contributed by atoms with E-state index in [0.29, 0.717) is 0 Å². The molecule has 10 heavy (non-hydrogen) atoms. The molecule has 67 valence electrons. The number of hydrogen-bond acceptors (Lipinski definition) is 2. The standard InChI is InChI=1S/C6H16N2.ClH.Pd/c1-7(2)5-6-8(3)4;;/h5-6H2,1-4H3;1H;/q;;+1/p-1. The van der Waals surface area contributed by atoms with E-state index < -0.39 is 0 Å². The minimum atomic E-state index is 1.15. The van der Waals surface area contributed by atoms with E-state index in [4.69, 9.17) is 0 Å². The molecule has 0 aliphatic rings. The van der Waals surface area contributed by atoms with Gasteiger partial charge in [0, 0.05) is 13.1 Å². The molecule has 0 N–H and O–H groups in total. The summed E-state index contributed by atoms with van der Waals surface area (Å²) in [5.41, 5.74) is 0. The second-order valence-electron chi connectivity index (χ2n) is 2.61. The summed E-state index contributed by atoms with van der Waals surface area (Å²) in [5.74, 6) is 0. The third kappa shape index (κ3) is 15.9. The van der Waals surface area contributed by atoms with E-state index >= 15 is 0 Å². The maximum absolute atomic E-state index is 4.49. The van der Waals surface area contributed by atoms with Crippen molar-refractivity contribution < 1.29 is 18.2 Å². The Kier molecular flexibility index (Phi) is 13.3. The Labute approximate surface area is 78.9 Å². The molecule has 4 heteroatoms. The van der Waals surface area contributed by atoms with Crippen molar-refractivity contribution in [3.8, 4) is 0 Å². The molecule has 0 spiro atoms. The van der Waals surface area contributed by atoms with Crippen molar-refractivity contribution in [2.45, 2.75) is 0 Å². The molecule has 2 nitrogen and oxygen atoms in total. The number of nitrogens with zero attached hydrogens (tertiary/aromatic N) is 2. The van der Waals surface area contributed by atoms with Crippen LogP contribution in [0.2, 0.25) is 0 Å². The summed E-state index contributed by atoms with van der Waals surface area (Å²) in [6, 6.07) is 0. The van der Waals surface area contributed by atoms with Gasteiger partial charge in [0.15, 0.2) is 0 Å². The molecular weight excluding hydrogens is 242 g/mol. The maximum atomic E-state index is 4.49. The molecule has 0 aliphatic heterocycles. The number of halogens is 1. The molecule has 0 atom stereocenters. The quantitative estimate of drug-likeness (QED) is 0.691. The van der Waals surface area contributed by atoms with Crippen LogP contribution < -0.4 is 0 Å². The Morgan fingerprint density at radius 1 is 0.900 bits per heavy atom. The molecule has 0 heterocycles. The summed E-state index contributed by atoms with van der Waals surface area (Å²) >= 11 is 2.22. The molecule has 0 amide bonds. The van der Waals surface area contributed by atoms with Crippen LogP contribution in [-0.2, 0) is 18.2 Å². The normalized spacial score (nSPS) is 9.70. The Balaban J connectivity index is 0. The zero-order chi connectivity index (χ0) is 8.57. The molecule has 0 saturated heterocycles. The van der Waals surface area contributed by atoms with Crippen LogP contribution >= 0.6 is 9.53 Å². The van der Waals surface area contributed by atoms with Crippen molar-refractivity contribution in [2.75, 3.05) is 41.3 Å². The van der Waals surface area contributed by atoms with Gasteiger partial charge in [0.2, 0.25) is 0 Å². The Hall–Kier alpha value is 0.872. The molecule has 0 aromatic carbocycles. The molecule has 0 aromatic heterocycles. The summed E-state index contributed by atoms with van der Waals surface area (Å²) < 4.78 is 0. The van der Waals surface area contributed by atoms with E-state index in [1.54, 1.807) is 0 Å². The first-order valence-electron chi connectivity index (χ1n) is 3.04. The first-order chi connectivity index (χ1) is 4.63. The fraction of sp³-hybridized carbons (Fsp3) is 1.00. The van der Waals surface area contributed by atoms with Crippen molar-refractivity contribution >= 4 is 9.53 Å². The second-order valence-corrected chi connectivity index (χ2v) is 2.61. The van der Waals surface area contributed by atoms with E-state index in [2.05, 4.69) is 65.7 Å². The third-order valence-corrected chi connectivity index (χ3v) is 0.994. The number of likely N-dealkylation sites (N-methyl/N-ethyl adjacent to an activating group) is 2. The van der Waals surface area contributed by atoms with Gasteiger partial charge in [-0.3, -0.25) is 0 Å². The van der Waals surface area contributed by atoms with Crippen LogP contribution in [0.5, 0.6) is 0 Å². The van der Waals surface area contributed by atoms with Crippen LogP contribution in [0.1, 0.15) is 0 Å². The van der Waals surface area contributed by atoms with Crippen molar-refractivity contribution in [1.82, 2.24) is 9.80 Å². The van der Waals surface area contributed by atoms with E-state index in [1.807, 2.05) is 0 Å². The molecule has 0 aromatic rings. The van der Waals surface area contributed by atoms with Gasteiger partial charge in [0.05, 0.1) is 0 Å². The molecular formula is C6H16ClN2Pd. The minimum absolute atomic E-state index is 1.15. The zero-order valence-corrected chi connectivity index (χ0v) is 9.31. The van der Waals surface area contributed by atoms with Crippen LogP contribution in [0.3, 0.4) is 0 Å². The van der Waals surface area contributed by atoms with Crippen molar-refractivity contribution in [2.24, 2.45) is 0 Å². The van der Waals surface area contributed by atoms with Gasteiger partial charge in [-0.25, -0.2) is 0 Å². The van der Waals surface area contributed by atoms with Gasteiger partial charge < -0.3 is 9.80 Å². The predicted molar refractivity (Wildman–Crippen MR) is 43.0 cm³/mol. The second kappa shape index (κ2) is 9.87. The third-order valence-electron chi connectivity index (χ3n) is 0.994. The molecule has 0 unspecified atom stereocenters. The molecule has 0 aliphatic carbocycles. The van der Waals surface area contributed by atoms with Gasteiger partial charge in [-0.1, -0.05) is 0 Å². The zero-order valence-electron chi connectivity index (χ0n) is 7.00. The van der Waals surface area contributed by atoms with E-state index in [0.717, 1.165) is 13.1 Å². The summed E-state index contributed by atoms with van der Waals surface area (Å²) in [4.78, 5) is 4.36. The van der Waals surface area contributed by atoms with Gasteiger partial charge in [-0.15, -0.1) is 0 Å². The fourth-order valence-electron chi connectivity index (χ4n) is 0.400. The predicted octanol–water partition coefficient (Wildman–Crippen LogP) is 0.797. The Morgan fingerprint density at radius 3 is 1.20 bits per heavy atom. The summed E-state index contributed by atoms with van der Waals surface area (Å²) in [6.07, 6.45) is 0. The van der Waals surface area contributed by atoms with Gasteiger partial charge in [-0.2, -0.15) is 0 Å². The molecule has 0 rings (SSSR count). The van der Waals surface area contributed by atoms with E-state index in [9.17, 15) is 0 Å². The first-order valence-corrected chi connectivity index (χ1v) is 5.04. The molecule has 0 fully saturated rings. The number of rotatable bonds is 3. The molecule has 0 radical (unpaired) electrons. The van der Waals surface area contributed by atoms with Crippen molar-refractivity contribution in [3.63, 3.8) is 0 Å². The van der Waals surface area contributed by atoms with Crippen LogP contribution in [0.15, 0.2) is 0 Å². The summed E-state index contributed by atoms with van der Waals surface area (Å²) in [7, 11) is 12.8. The Morgan fingerprint density at radius 2 is 1.10 bits per heavy atom. The van der Waals surface area contributed by atoms with Gasteiger partial charge >= 0.3 is 27.7 Å². The van der Waals surface area contributed by atoms with Crippen LogP contribution in [-0.4, -0.2) is 51.1 Å². The average molecular weight is 258 g/mol. The number of hydrogen-bond donors (Lipinski definition) is 0. The van der Waals surface area contributed by atoms with Crippen LogP contribution in [0.4, 0.5) is 0 Å². The van der Waals surface area contributed by atoms with E-state index in [-0.39, 0.29) is 0 Å². The van der Waals surface area contributed by atoms with Gasteiger partial charge in [0.25, 0.3) is 0 Å². The Bertz CT molecular complexity index is 51.7. The monoisotopic (exact) mass is 257 g/mol. The van der Waals surface area contributed by atoms with Crippen LogP contribution in [0.25, 0.3) is 0 Å². The fourth-order valence-corrected chi connectivity index (χ4v) is 0.400. The first kappa shape index (κ1) is 13.5. The van der Waals surface area contributed by atoms with Gasteiger partial charge in [-0.05, 0) is 28.2 Å². The summed E-state index contributed by atoms with van der Waals surface area (Å²) in [6.45, 7) is 2.29. The van der Waals surface area contributed by atoms with Crippen molar-refractivity contribution in [1.29, 1.82) is 0 Å².